The van der Waals surface area contributed by atoms with Gasteiger partial charge in [0.15, 0.2) is 6.10 Å². The quantitative estimate of drug-likeness (QED) is 0.299. The van der Waals surface area contributed by atoms with Gasteiger partial charge < -0.3 is 5.32 Å². The van der Waals surface area contributed by atoms with E-state index in [1.54, 1.807) is 6.92 Å². The molecule has 8 nitrogen and oxygen atoms in total. The van der Waals surface area contributed by atoms with Gasteiger partial charge in [0.05, 0.1) is 4.92 Å². The minimum atomic E-state index is -1.70. The highest BCUT2D eigenvalue weighted by Crippen LogP contribution is 2.23. The maximum absolute atomic E-state index is 10.9. The first kappa shape index (κ1) is 10.7. The molecule has 0 spiro atoms. The van der Waals surface area contributed by atoms with Gasteiger partial charge in [0.1, 0.15) is 0 Å². The average Bonchev–Trinajstić information content (AvgIpc) is 2.51. The van der Waals surface area contributed by atoms with Gasteiger partial charge in [0.2, 0.25) is 0 Å². The maximum atomic E-state index is 10.9. The summed E-state index contributed by atoms with van der Waals surface area (Å²) in [5.41, 5.74) is 0. The first-order valence-electron chi connectivity index (χ1n) is 4.08. The van der Waals surface area contributed by atoms with Crippen LogP contribution in [-0.4, -0.2) is 21.8 Å². The van der Waals surface area contributed by atoms with E-state index in [9.17, 15) is 10.1 Å². The Morgan fingerprint density at radius 1 is 1.86 bits per heavy atom. The number of hydrazine groups is 1. The van der Waals surface area contributed by atoms with Crippen LogP contribution in [0.3, 0.4) is 0 Å². The van der Waals surface area contributed by atoms with Crippen molar-refractivity contribution in [3.63, 3.8) is 0 Å². The molecule has 0 aromatic rings. The second-order valence-electron chi connectivity index (χ2n) is 2.88. The maximum Gasteiger partial charge on any atom is 0.415 e. The van der Waals surface area contributed by atoms with Gasteiger partial charge in [-0.2, -0.15) is 0 Å². The highest BCUT2D eigenvalue weighted by atomic mass is 16.7. The molecule has 0 saturated carbocycles. The summed E-state index contributed by atoms with van der Waals surface area (Å²) in [6, 6.07) is 0. The Balaban J connectivity index is 2.99. The van der Waals surface area contributed by atoms with Crippen LogP contribution in [0, 0.1) is 10.1 Å². The number of nitrogens with one attached hydrogen (secondary N) is 1. The van der Waals surface area contributed by atoms with Gasteiger partial charge in [-0.15, -0.1) is 0 Å². The highest BCUT2D eigenvalue weighted by Gasteiger charge is 2.56. The first-order chi connectivity index (χ1) is 6.59. The molecular weight excluding hydrogens is 190 g/mol. The van der Waals surface area contributed by atoms with Crippen LogP contribution in [0.1, 0.15) is 13.3 Å². The predicted molar refractivity (Wildman–Crippen MR) is 47.4 cm³/mol. The molecule has 0 bridgehead atoms. The molecule has 0 radical (unpaired) electrons. The van der Waals surface area contributed by atoms with E-state index < -0.39 is 16.8 Å². The number of rotatable bonds is 4. The van der Waals surface area contributed by atoms with Gasteiger partial charge in [0.25, 0.3) is 0 Å². The van der Waals surface area contributed by atoms with Crippen LogP contribution in [0.4, 0.5) is 0 Å². The zero-order valence-corrected chi connectivity index (χ0v) is 7.71. The fraction of sp³-hybridized carbons (Fsp3) is 0.667. The second-order valence-corrected chi connectivity index (χ2v) is 2.88. The zero-order chi connectivity index (χ0) is 10.8. The molecule has 14 heavy (non-hydrogen) atoms. The third-order valence-electron chi connectivity index (χ3n) is 2.19. The number of hydrogen-bond donors (Lipinski definition) is 3. The zero-order valence-electron chi connectivity index (χ0n) is 7.71. The van der Waals surface area contributed by atoms with Crippen LogP contribution >= 0.6 is 0 Å². The van der Waals surface area contributed by atoms with E-state index >= 15 is 0 Å². The largest absolute Gasteiger partial charge is 0.415 e. The van der Waals surface area contributed by atoms with E-state index in [-0.39, 0.29) is 0 Å². The lowest BCUT2D eigenvalue weighted by atomic mass is 10.1. The Morgan fingerprint density at radius 3 is 2.79 bits per heavy atom. The molecule has 2 unspecified atom stereocenters. The fourth-order valence-corrected chi connectivity index (χ4v) is 1.43. The minimum absolute atomic E-state index is 0.361. The summed E-state index contributed by atoms with van der Waals surface area (Å²) in [4.78, 5) is 14.9. The number of nitrogens with zero attached hydrogens (tertiary/aromatic N) is 2. The number of hydrogen-bond acceptors (Lipinski definition) is 7. The van der Waals surface area contributed by atoms with E-state index in [1.807, 2.05) is 0 Å². The fourth-order valence-electron chi connectivity index (χ4n) is 1.43. The Hall–Kier alpha value is -1.38. The second kappa shape index (κ2) is 3.78. The number of nitro groups is 1. The molecule has 0 saturated heterocycles. The Labute approximate surface area is 80.5 Å². The van der Waals surface area contributed by atoms with Crippen molar-refractivity contribution in [1.82, 2.24) is 10.3 Å². The van der Waals surface area contributed by atoms with Crippen molar-refractivity contribution in [2.75, 3.05) is 0 Å². The van der Waals surface area contributed by atoms with Gasteiger partial charge in [0, 0.05) is 12.4 Å². The molecule has 8 heteroatoms. The normalized spacial score (nSPS) is 27.5. The van der Waals surface area contributed by atoms with E-state index in [1.165, 1.54) is 12.4 Å². The van der Waals surface area contributed by atoms with Gasteiger partial charge in [-0.1, -0.05) is 6.92 Å². The minimum Gasteiger partial charge on any atom is -0.304 e. The van der Waals surface area contributed by atoms with Crippen molar-refractivity contribution in [2.45, 2.75) is 25.2 Å². The lowest BCUT2D eigenvalue weighted by molar-refractivity contribution is -0.617. The van der Waals surface area contributed by atoms with E-state index in [2.05, 4.69) is 10.2 Å². The van der Waals surface area contributed by atoms with Gasteiger partial charge in [-0.3, -0.25) is 15.0 Å². The molecule has 1 rings (SSSR count). The molecule has 1 aliphatic rings. The average molecular weight is 203 g/mol. The Kier molecular flexibility index (Phi) is 2.89. The summed E-state index contributed by atoms with van der Waals surface area (Å²) in [5.74, 6) is 8.76. The van der Waals surface area contributed by atoms with Crippen LogP contribution in [0.25, 0.3) is 0 Å². The monoisotopic (exact) mass is 203 g/mol. The van der Waals surface area contributed by atoms with Crippen molar-refractivity contribution >= 4 is 0 Å². The third-order valence-corrected chi connectivity index (χ3v) is 2.19. The first-order valence-corrected chi connectivity index (χ1v) is 4.08. The van der Waals surface area contributed by atoms with Crippen LogP contribution in [-0.2, 0) is 4.84 Å². The summed E-state index contributed by atoms with van der Waals surface area (Å²) in [6.45, 7) is 1.72. The predicted octanol–water partition coefficient (Wildman–Crippen LogP) is -1.16. The van der Waals surface area contributed by atoms with Crippen molar-refractivity contribution in [3.05, 3.63) is 22.5 Å². The highest BCUT2D eigenvalue weighted by molar-refractivity contribution is 5.00. The third kappa shape index (κ3) is 1.29. The molecular formula is C6H13N5O3. The standard InChI is InChI=1S/C6H13N5O3/c1-2-5(14-8)6(11(12)13)9-3-4-10(6)7/h3-5,9H,2,7-8H2,1H3. The molecule has 1 aliphatic heterocycles. The van der Waals surface area contributed by atoms with Gasteiger partial charge in [-0.05, 0) is 6.42 Å². The molecule has 0 amide bonds. The summed E-state index contributed by atoms with van der Waals surface area (Å²) in [5, 5.41) is 14.4. The van der Waals surface area contributed by atoms with Crippen molar-refractivity contribution in [2.24, 2.45) is 11.7 Å². The van der Waals surface area contributed by atoms with Crippen LogP contribution in [0.15, 0.2) is 12.4 Å². The molecule has 1 heterocycles. The Bertz CT molecular complexity index is 254. The Morgan fingerprint density at radius 2 is 2.50 bits per heavy atom. The number of nitrogens with two attached hydrogens (primary N) is 2. The lowest BCUT2D eigenvalue weighted by Crippen LogP contribution is -2.68. The molecule has 0 fully saturated rings. The van der Waals surface area contributed by atoms with Crippen LogP contribution in [0.2, 0.25) is 0 Å². The summed E-state index contributed by atoms with van der Waals surface area (Å²) in [7, 11) is 0. The van der Waals surface area contributed by atoms with E-state index in [4.69, 9.17) is 11.7 Å². The molecule has 0 aliphatic carbocycles. The smallest absolute Gasteiger partial charge is 0.304 e. The summed E-state index contributed by atoms with van der Waals surface area (Å²) < 4.78 is 0. The van der Waals surface area contributed by atoms with Crippen LogP contribution < -0.4 is 17.1 Å². The van der Waals surface area contributed by atoms with Crippen molar-refractivity contribution < 1.29 is 9.76 Å². The SMILES string of the molecule is CCC(ON)C1([N+](=O)[O-])NC=CN1N. The lowest BCUT2D eigenvalue weighted by Gasteiger charge is -2.32. The topological polar surface area (TPSA) is 120 Å². The summed E-state index contributed by atoms with van der Waals surface area (Å²) >= 11 is 0. The van der Waals surface area contributed by atoms with Crippen LogP contribution in [0.5, 0.6) is 0 Å². The van der Waals surface area contributed by atoms with E-state index in [0.29, 0.717) is 6.42 Å². The van der Waals surface area contributed by atoms with E-state index in [0.717, 1.165) is 5.01 Å². The molecule has 2 atom stereocenters. The molecule has 5 N–H and O–H groups in total. The summed E-state index contributed by atoms with van der Waals surface area (Å²) in [6.07, 6.45) is 2.26. The van der Waals surface area contributed by atoms with Gasteiger partial charge in [-0.25, -0.2) is 16.7 Å². The molecule has 0 aromatic carbocycles. The molecule has 0 aromatic heterocycles. The molecule has 80 valence electrons. The van der Waals surface area contributed by atoms with Crippen molar-refractivity contribution in [1.29, 1.82) is 0 Å². The van der Waals surface area contributed by atoms with Gasteiger partial charge >= 0.3 is 5.79 Å². The van der Waals surface area contributed by atoms with Crippen molar-refractivity contribution in [3.8, 4) is 0 Å².